The monoisotopic (exact) mass is 402 g/mol. The van der Waals surface area contributed by atoms with Crippen molar-refractivity contribution >= 4 is 21.6 Å². The Morgan fingerprint density at radius 3 is 2.50 bits per heavy atom. The van der Waals surface area contributed by atoms with Crippen LogP contribution in [0, 0.1) is 5.92 Å². The Kier molecular flexibility index (Phi) is 5.92. The zero-order valence-electron chi connectivity index (χ0n) is 15.8. The van der Waals surface area contributed by atoms with Crippen LogP contribution in [0.3, 0.4) is 0 Å². The molecule has 26 heavy (non-hydrogen) atoms. The molecule has 4 rings (SSSR count). The molecular weight excluding hydrogens is 368 g/mol. The predicted molar refractivity (Wildman–Crippen MR) is 107 cm³/mol. The van der Waals surface area contributed by atoms with E-state index in [0.29, 0.717) is 23.4 Å². The summed E-state index contributed by atoms with van der Waals surface area (Å²) >= 11 is 1.94. The van der Waals surface area contributed by atoms with Crippen molar-refractivity contribution < 1.29 is 13.5 Å². The van der Waals surface area contributed by atoms with E-state index in [1.807, 2.05) is 11.8 Å². The van der Waals surface area contributed by atoms with E-state index in [4.69, 9.17) is 0 Å². The van der Waals surface area contributed by atoms with Gasteiger partial charge in [-0.25, -0.2) is 8.42 Å². The van der Waals surface area contributed by atoms with Gasteiger partial charge in [0.25, 0.3) is 0 Å². The maximum atomic E-state index is 11.8. The summed E-state index contributed by atoms with van der Waals surface area (Å²) in [6, 6.07) is 0.729. The fourth-order valence-corrected chi connectivity index (χ4v) is 8.21. The number of piperidine rings is 1. The molecule has 3 heterocycles. The number of sulfone groups is 1. The van der Waals surface area contributed by atoms with Crippen LogP contribution < -0.4 is 5.32 Å². The minimum atomic E-state index is -2.90. The van der Waals surface area contributed by atoms with Crippen molar-refractivity contribution in [2.45, 2.75) is 92.6 Å². The Morgan fingerprint density at radius 1 is 1.08 bits per heavy atom. The third-order valence-corrected chi connectivity index (χ3v) is 10.4. The van der Waals surface area contributed by atoms with E-state index in [2.05, 4.69) is 10.2 Å². The van der Waals surface area contributed by atoms with E-state index in [0.717, 1.165) is 45.1 Å². The molecule has 0 spiro atoms. The molecule has 7 heteroatoms. The fourth-order valence-electron chi connectivity index (χ4n) is 5.73. The number of fused-ring (bicyclic) bond motifs is 1. The summed E-state index contributed by atoms with van der Waals surface area (Å²) in [5, 5.41) is 14.9. The molecule has 3 aliphatic heterocycles. The van der Waals surface area contributed by atoms with Crippen molar-refractivity contribution in [3.8, 4) is 0 Å². The lowest BCUT2D eigenvalue weighted by Crippen LogP contribution is -2.59. The number of nitrogens with one attached hydrogen (secondary N) is 1. The van der Waals surface area contributed by atoms with E-state index < -0.39 is 9.84 Å². The molecule has 0 bridgehead atoms. The summed E-state index contributed by atoms with van der Waals surface area (Å²) in [4.78, 5) is 2.61. The Balaban J connectivity index is 1.37. The predicted octanol–water partition coefficient (Wildman–Crippen LogP) is 2.00. The van der Waals surface area contributed by atoms with Gasteiger partial charge in [-0.3, -0.25) is 10.2 Å². The quantitative estimate of drug-likeness (QED) is 0.750. The first-order chi connectivity index (χ1) is 12.4. The van der Waals surface area contributed by atoms with Gasteiger partial charge in [-0.2, -0.15) is 11.8 Å². The van der Waals surface area contributed by atoms with Crippen LogP contribution in [0.15, 0.2) is 0 Å². The van der Waals surface area contributed by atoms with Crippen LogP contribution in [-0.4, -0.2) is 71.8 Å². The number of likely N-dealkylation sites (tertiary alicyclic amines) is 1. The first-order valence-electron chi connectivity index (χ1n) is 10.4. The molecule has 0 amide bonds. The number of aliphatic hydroxyl groups excluding tert-OH is 1. The fraction of sp³-hybridized carbons (Fsp3) is 1.00. The third-order valence-electron chi connectivity index (χ3n) is 7.27. The van der Waals surface area contributed by atoms with Crippen LogP contribution in [0.4, 0.5) is 0 Å². The van der Waals surface area contributed by atoms with Gasteiger partial charge in [0.2, 0.25) is 0 Å². The molecular formula is C19H34N2O3S2. The molecule has 4 fully saturated rings. The minimum absolute atomic E-state index is 0.134. The average Bonchev–Trinajstić information content (AvgIpc) is 3.30. The number of thioether (sulfide) groups is 1. The highest BCUT2D eigenvalue weighted by Gasteiger charge is 2.45. The van der Waals surface area contributed by atoms with Crippen molar-refractivity contribution in [3.63, 3.8) is 0 Å². The summed E-state index contributed by atoms with van der Waals surface area (Å²) in [6.45, 7) is 1.12. The zero-order chi connectivity index (χ0) is 18.3. The first-order valence-corrected chi connectivity index (χ1v) is 13.4. The smallest absolute Gasteiger partial charge is 0.150 e. The summed E-state index contributed by atoms with van der Waals surface area (Å²) in [5.74, 6) is 1.89. The van der Waals surface area contributed by atoms with Gasteiger partial charge in [0.05, 0.1) is 17.5 Å². The standard InChI is InChI=1S/C19H34N2O3S2/c1-26(23,24)15-7-5-14(6-8-15)21-11-10-13-4-9-16(20-19(13)21)18(22)17-3-2-12-25-17/h13-20,22H,2-12H2,1H3/t13?,14?,15?,16?,17?,18-,19?/m1/s1. The van der Waals surface area contributed by atoms with Crippen molar-refractivity contribution in [3.05, 3.63) is 0 Å². The Bertz CT molecular complexity index is 586. The van der Waals surface area contributed by atoms with Gasteiger partial charge in [0, 0.05) is 30.1 Å². The van der Waals surface area contributed by atoms with Gasteiger partial charge >= 0.3 is 0 Å². The second-order valence-corrected chi connectivity index (χ2v) is 12.6. The Hall–Kier alpha value is 0.180. The minimum Gasteiger partial charge on any atom is -0.390 e. The third kappa shape index (κ3) is 3.97. The molecule has 4 unspecified atom stereocenters. The normalized spacial score (nSPS) is 43.3. The summed E-state index contributed by atoms with van der Waals surface area (Å²) in [7, 11) is -2.90. The SMILES string of the molecule is CS(=O)(=O)C1CCC(N2CCC3CCC([C@@H](O)C4CCCS4)NC32)CC1. The van der Waals surface area contributed by atoms with E-state index in [1.165, 1.54) is 31.3 Å². The molecule has 0 aromatic carbocycles. The van der Waals surface area contributed by atoms with Crippen molar-refractivity contribution in [1.82, 2.24) is 10.2 Å². The van der Waals surface area contributed by atoms with Gasteiger partial charge in [-0.05, 0) is 69.5 Å². The van der Waals surface area contributed by atoms with Crippen LogP contribution >= 0.6 is 11.8 Å². The molecule has 2 N–H and O–H groups in total. The number of hydrogen-bond donors (Lipinski definition) is 2. The lowest BCUT2D eigenvalue weighted by atomic mass is 9.87. The second-order valence-electron chi connectivity index (χ2n) is 8.88. The topological polar surface area (TPSA) is 69.6 Å². The molecule has 5 nitrogen and oxygen atoms in total. The molecule has 0 aromatic heterocycles. The number of hydrogen-bond acceptors (Lipinski definition) is 6. The highest BCUT2D eigenvalue weighted by molar-refractivity contribution is 8.00. The Morgan fingerprint density at radius 2 is 1.85 bits per heavy atom. The number of aliphatic hydroxyl groups is 1. The molecule has 0 radical (unpaired) electrons. The lowest BCUT2D eigenvalue weighted by molar-refractivity contribution is 0.0340. The van der Waals surface area contributed by atoms with Gasteiger partial charge in [0.1, 0.15) is 9.84 Å². The number of nitrogens with zero attached hydrogens (tertiary/aromatic N) is 1. The number of rotatable bonds is 4. The van der Waals surface area contributed by atoms with Crippen LogP contribution in [0.2, 0.25) is 0 Å². The van der Waals surface area contributed by atoms with Gasteiger partial charge in [-0.1, -0.05) is 0 Å². The van der Waals surface area contributed by atoms with E-state index in [1.54, 1.807) is 0 Å². The van der Waals surface area contributed by atoms with E-state index in [-0.39, 0.29) is 17.4 Å². The zero-order valence-corrected chi connectivity index (χ0v) is 17.5. The van der Waals surface area contributed by atoms with Crippen molar-refractivity contribution in [1.29, 1.82) is 0 Å². The summed E-state index contributed by atoms with van der Waals surface area (Å²) in [5.41, 5.74) is 0. The van der Waals surface area contributed by atoms with E-state index in [9.17, 15) is 13.5 Å². The van der Waals surface area contributed by atoms with Crippen LogP contribution in [0.5, 0.6) is 0 Å². The highest BCUT2D eigenvalue weighted by Crippen LogP contribution is 2.39. The van der Waals surface area contributed by atoms with Crippen molar-refractivity contribution in [2.75, 3.05) is 18.6 Å². The average molecular weight is 403 g/mol. The second kappa shape index (κ2) is 7.90. The summed E-state index contributed by atoms with van der Waals surface area (Å²) < 4.78 is 23.7. The maximum absolute atomic E-state index is 11.8. The van der Waals surface area contributed by atoms with E-state index >= 15 is 0 Å². The molecule has 150 valence electrons. The molecule has 3 saturated heterocycles. The molecule has 5 atom stereocenters. The van der Waals surface area contributed by atoms with Crippen LogP contribution in [-0.2, 0) is 9.84 Å². The lowest BCUT2D eigenvalue weighted by Gasteiger charge is -2.44. The molecule has 1 aliphatic carbocycles. The summed E-state index contributed by atoms with van der Waals surface area (Å²) in [6.07, 6.45) is 11.1. The van der Waals surface area contributed by atoms with Crippen molar-refractivity contribution in [2.24, 2.45) is 5.92 Å². The first kappa shape index (κ1) is 19.5. The molecule has 0 aromatic rings. The van der Waals surface area contributed by atoms with Gasteiger partial charge in [-0.15, -0.1) is 0 Å². The molecule has 1 saturated carbocycles. The molecule has 4 aliphatic rings. The van der Waals surface area contributed by atoms with Crippen LogP contribution in [0.1, 0.15) is 57.8 Å². The largest absolute Gasteiger partial charge is 0.390 e. The maximum Gasteiger partial charge on any atom is 0.150 e. The Labute approximate surface area is 162 Å². The van der Waals surface area contributed by atoms with Gasteiger partial charge < -0.3 is 5.11 Å². The van der Waals surface area contributed by atoms with Gasteiger partial charge in [0.15, 0.2) is 0 Å². The highest BCUT2D eigenvalue weighted by atomic mass is 32.2. The van der Waals surface area contributed by atoms with Crippen LogP contribution in [0.25, 0.3) is 0 Å².